The quantitative estimate of drug-likeness (QED) is 0.797. The van der Waals surface area contributed by atoms with Gasteiger partial charge in [0, 0.05) is 13.1 Å². The monoisotopic (exact) mass is 248 g/mol. The van der Waals surface area contributed by atoms with Gasteiger partial charge in [-0.25, -0.2) is 4.79 Å². The van der Waals surface area contributed by atoms with Crippen molar-refractivity contribution in [2.45, 2.75) is 40.2 Å². The number of carbonyl (C=O) groups is 1. The molecule has 2 amide bonds. The van der Waals surface area contributed by atoms with Crippen LogP contribution < -0.4 is 10.6 Å². The van der Waals surface area contributed by atoms with Gasteiger partial charge < -0.3 is 10.6 Å². The molecule has 0 radical (unpaired) electrons. The maximum atomic E-state index is 11.6. The second-order valence-electron chi connectivity index (χ2n) is 4.73. The molecule has 2 N–H and O–H groups in total. The Balaban J connectivity index is 2.26. The molecule has 0 bridgehead atoms. The van der Waals surface area contributed by atoms with Gasteiger partial charge in [-0.05, 0) is 18.4 Å². The molecule has 0 aliphatic heterocycles. The van der Waals surface area contributed by atoms with Crippen LogP contribution >= 0.6 is 0 Å². The van der Waals surface area contributed by atoms with Crippen LogP contribution in [0.5, 0.6) is 0 Å². The summed E-state index contributed by atoms with van der Waals surface area (Å²) in [4.78, 5) is 11.6. The minimum absolute atomic E-state index is 0.0810. The largest absolute Gasteiger partial charge is 0.338 e. The third-order valence-electron chi connectivity index (χ3n) is 3.28. The zero-order valence-corrected chi connectivity index (χ0v) is 11.6. The third-order valence-corrected chi connectivity index (χ3v) is 3.28. The van der Waals surface area contributed by atoms with Gasteiger partial charge in [-0.1, -0.05) is 56.5 Å². The van der Waals surface area contributed by atoms with E-state index in [1.807, 2.05) is 12.1 Å². The molecule has 3 nitrogen and oxygen atoms in total. The summed E-state index contributed by atoms with van der Waals surface area (Å²) in [5.41, 5.74) is 2.36. The van der Waals surface area contributed by atoms with Crippen LogP contribution in [0.1, 0.15) is 37.8 Å². The molecule has 0 spiro atoms. The first kappa shape index (κ1) is 14.6. The summed E-state index contributed by atoms with van der Waals surface area (Å²) in [6.07, 6.45) is 2.21. The maximum absolute atomic E-state index is 11.6. The Morgan fingerprint density at radius 2 is 1.72 bits per heavy atom. The van der Waals surface area contributed by atoms with E-state index in [4.69, 9.17) is 0 Å². The molecule has 0 saturated carbocycles. The van der Waals surface area contributed by atoms with E-state index in [-0.39, 0.29) is 6.03 Å². The Labute approximate surface area is 110 Å². The highest BCUT2D eigenvalue weighted by Gasteiger charge is 2.05. The minimum Gasteiger partial charge on any atom is -0.338 e. The molecule has 0 atom stereocenters. The van der Waals surface area contributed by atoms with Crippen molar-refractivity contribution in [1.82, 2.24) is 10.6 Å². The molecule has 0 fully saturated rings. The highest BCUT2D eigenvalue weighted by atomic mass is 16.2. The summed E-state index contributed by atoms with van der Waals surface area (Å²) < 4.78 is 0. The van der Waals surface area contributed by atoms with Crippen molar-refractivity contribution >= 4 is 6.03 Å². The molecular formula is C15H24N2O. The van der Waals surface area contributed by atoms with Gasteiger partial charge in [0.15, 0.2) is 0 Å². The van der Waals surface area contributed by atoms with Gasteiger partial charge in [-0.3, -0.25) is 0 Å². The molecule has 0 aromatic heterocycles. The average molecular weight is 248 g/mol. The first-order valence-electron chi connectivity index (χ1n) is 6.73. The van der Waals surface area contributed by atoms with Gasteiger partial charge in [-0.2, -0.15) is 0 Å². The lowest BCUT2D eigenvalue weighted by atomic mass is 10.0. The first-order valence-corrected chi connectivity index (χ1v) is 6.73. The Bertz CT molecular complexity index is 355. The predicted molar refractivity (Wildman–Crippen MR) is 75.5 cm³/mol. The number of urea groups is 1. The van der Waals surface area contributed by atoms with E-state index in [0.717, 1.165) is 24.9 Å². The van der Waals surface area contributed by atoms with Crippen molar-refractivity contribution in [2.75, 3.05) is 6.54 Å². The van der Waals surface area contributed by atoms with Gasteiger partial charge in [0.1, 0.15) is 0 Å². The standard InChI is InChI=1S/C15H24N2O/c1-4-13(5-2)10-16-15(18)17-11-14-8-6-12(3)7-9-14/h6-9,13H,4-5,10-11H2,1-3H3,(H2,16,17,18). The third kappa shape index (κ3) is 5.21. The van der Waals surface area contributed by atoms with Gasteiger partial charge in [0.05, 0.1) is 0 Å². The Hall–Kier alpha value is -1.51. The number of amides is 2. The second-order valence-corrected chi connectivity index (χ2v) is 4.73. The summed E-state index contributed by atoms with van der Waals surface area (Å²) in [5.74, 6) is 0.579. The molecule has 0 heterocycles. The van der Waals surface area contributed by atoms with Crippen LogP contribution in [0.3, 0.4) is 0 Å². The van der Waals surface area contributed by atoms with E-state index in [2.05, 4.69) is 43.5 Å². The van der Waals surface area contributed by atoms with Crippen molar-refractivity contribution in [3.8, 4) is 0 Å². The van der Waals surface area contributed by atoms with Crippen molar-refractivity contribution in [1.29, 1.82) is 0 Å². The molecule has 1 aromatic carbocycles. The van der Waals surface area contributed by atoms with Crippen molar-refractivity contribution in [3.63, 3.8) is 0 Å². The minimum atomic E-state index is -0.0810. The van der Waals surface area contributed by atoms with Gasteiger partial charge in [0.25, 0.3) is 0 Å². The summed E-state index contributed by atoms with van der Waals surface area (Å²) in [5, 5.41) is 5.79. The lowest BCUT2D eigenvalue weighted by Crippen LogP contribution is -2.37. The van der Waals surface area contributed by atoms with E-state index in [9.17, 15) is 4.79 Å². The van der Waals surface area contributed by atoms with Crippen LogP contribution in [0.4, 0.5) is 4.79 Å². The van der Waals surface area contributed by atoms with Crippen molar-refractivity contribution < 1.29 is 4.79 Å². The van der Waals surface area contributed by atoms with E-state index < -0.39 is 0 Å². The van der Waals surface area contributed by atoms with Crippen LogP contribution in [-0.4, -0.2) is 12.6 Å². The zero-order valence-electron chi connectivity index (χ0n) is 11.6. The number of benzene rings is 1. The lowest BCUT2D eigenvalue weighted by Gasteiger charge is -2.13. The van der Waals surface area contributed by atoms with E-state index in [1.165, 1.54) is 5.56 Å². The molecule has 0 aliphatic carbocycles. The van der Waals surface area contributed by atoms with Crippen molar-refractivity contribution in [2.24, 2.45) is 5.92 Å². The summed E-state index contributed by atoms with van der Waals surface area (Å²) in [6, 6.07) is 8.10. The number of nitrogens with one attached hydrogen (secondary N) is 2. The van der Waals surface area contributed by atoms with Crippen LogP contribution in [0.25, 0.3) is 0 Å². The lowest BCUT2D eigenvalue weighted by molar-refractivity contribution is 0.238. The molecule has 0 saturated heterocycles. The molecule has 1 aromatic rings. The molecule has 3 heteroatoms. The SMILES string of the molecule is CCC(CC)CNC(=O)NCc1ccc(C)cc1. The van der Waals surface area contributed by atoms with Crippen LogP contribution in [-0.2, 0) is 6.54 Å². The van der Waals surface area contributed by atoms with Gasteiger partial charge >= 0.3 is 6.03 Å². The molecular weight excluding hydrogens is 224 g/mol. The van der Waals surface area contributed by atoms with Crippen LogP contribution in [0, 0.1) is 12.8 Å². The van der Waals surface area contributed by atoms with Crippen LogP contribution in [0.2, 0.25) is 0 Å². The summed E-state index contributed by atoms with van der Waals surface area (Å²) in [6.45, 7) is 7.70. The first-order chi connectivity index (χ1) is 8.65. The molecule has 100 valence electrons. The normalized spacial score (nSPS) is 10.4. The van der Waals surface area contributed by atoms with Gasteiger partial charge in [-0.15, -0.1) is 0 Å². The van der Waals surface area contributed by atoms with E-state index >= 15 is 0 Å². The fraction of sp³-hybridized carbons (Fsp3) is 0.533. The zero-order chi connectivity index (χ0) is 13.4. The Morgan fingerprint density at radius 1 is 1.11 bits per heavy atom. The number of aryl methyl sites for hydroxylation is 1. The van der Waals surface area contributed by atoms with Gasteiger partial charge in [0.2, 0.25) is 0 Å². The molecule has 1 rings (SSSR count). The highest BCUT2D eigenvalue weighted by Crippen LogP contribution is 2.05. The topological polar surface area (TPSA) is 41.1 Å². The number of hydrogen-bond acceptors (Lipinski definition) is 1. The summed E-state index contributed by atoms with van der Waals surface area (Å²) >= 11 is 0. The Morgan fingerprint density at radius 3 is 2.28 bits per heavy atom. The smallest absolute Gasteiger partial charge is 0.315 e. The number of carbonyl (C=O) groups excluding carboxylic acids is 1. The number of hydrogen-bond donors (Lipinski definition) is 2. The average Bonchev–Trinajstić information content (AvgIpc) is 2.39. The highest BCUT2D eigenvalue weighted by molar-refractivity contribution is 5.73. The summed E-state index contributed by atoms with van der Waals surface area (Å²) in [7, 11) is 0. The van der Waals surface area contributed by atoms with Crippen LogP contribution in [0.15, 0.2) is 24.3 Å². The van der Waals surface area contributed by atoms with E-state index in [0.29, 0.717) is 12.5 Å². The molecule has 0 aliphatic rings. The molecule has 0 unspecified atom stereocenters. The van der Waals surface area contributed by atoms with E-state index in [1.54, 1.807) is 0 Å². The van der Waals surface area contributed by atoms with Crippen molar-refractivity contribution in [3.05, 3.63) is 35.4 Å². The Kier molecular flexibility index (Phi) is 6.26. The maximum Gasteiger partial charge on any atom is 0.315 e. The fourth-order valence-corrected chi connectivity index (χ4v) is 1.77. The predicted octanol–water partition coefficient (Wildman–Crippen LogP) is 3.23. The second kappa shape index (κ2) is 7.75. The molecule has 18 heavy (non-hydrogen) atoms. The fourth-order valence-electron chi connectivity index (χ4n) is 1.77. The number of rotatable bonds is 6.